The second-order valence-electron chi connectivity index (χ2n) is 7.21. The number of hydrogen-bond donors (Lipinski definition) is 1. The molecule has 3 aromatic carbocycles. The van der Waals surface area contributed by atoms with E-state index in [-0.39, 0.29) is 11.4 Å². The number of methoxy groups -OCH3 is 2. The molecule has 0 aliphatic heterocycles. The minimum absolute atomic E-state index is 0.0117. The molecule has 35 heavy (non-hydrogen) atoms. The molecule has 1 N–H and O–H groups in total. The summed E-state index contributed by atoms with van der Waals surface area (Å²) in [7, 11) is 2.96. The van der Waals surface area contributed by atoms with Gasteiger partial charge in [0.1, 0.15) is 34.3 Å². The summed E-state index contributed by atoms with van der Waals surface area (Å²) >= 11 is 0. The van der Waals surface area contributed by atoms with Crippen molar-refractivity contribution in [2.24, 2.45) is 20.5 Å². The summed E-state index contributed by atoms with van der Waals surface area (Å²) in [5, 5.41) is 37.9. The van der Waals surface area contributed by atoms with Crippen LogP contribution in [-0.4, -0.2) is 37.3 Å². The number of anilines is 1. The van der Waals surface area contributed by atoms with Crippen LogP contribution in [0.25, 0.3) is 0 Å². The van der Waals surface area contributed by atoms with Gasteiger partial charge in [-0.25, -0.2) is 0 Å². The van der Waals surface area contributed by atoms with Crippen molar-refractivity contribution in [1.82, 2.24) is 0 Å². The number of rotatable bonds is 10. The SMILES string of the molecule is CCN(CC)c1ccc(N=Nc2cc(OC)c(N=Nc3ccc([N+](=O)[O-])cc3)cc2OC)c(O)c1. The summed E-state index contributed by atoms with van der Waals surface area (Å²) < 4.78 is 10.8. The Morgan fingerprint density at radius 3 is 1.86 bits per heavy atom. The third kappa shape index (κ3) is 6.08. The molecule has 0 bridgehead atoms. The van der Waals surface area contributed by atoms with Crippen LogP contribution < -0.4 is 14.4 Å². The number of nitro benzene ring substituents is 1. The van der Waals surface area contributed by atoms with E-state index in [1.807, 2.05) is 19.9 Å². The lowest BCUT2D eigenvalue weighted by atomic mass is 10.2. The third-order valence-corrected chi connectivity index (χ3v) is 5.17. The van der Waals surface area contributed by atoms with Crippen LogP contribution >= 0.6 is 0 Å². The number of aromatic hydroxyl groups is 1. The quantitative estimate of drug-likeness (QED) is 0.189. The Hall–Kier alpha value is -4.54. The molecular weight excluding hydrogens is 452 g/mol. The van der Waals surface area contributed by atoms with E-state index in [1.54, 1.807) is 24.3 Å². The van der Waals surface area contributed by atoms with E-state index in [4.69, 9.17) is 9.47 Å². The van der Waals surface area contributed by atoms with Crippen LogP contribution in [-0.2, 0) is 0 Å². The lowest BCUT2D eigenvalue weighted by Gasteiger charge is -2.21. The molecule has 11 heteroatoms. The summed E-state index contributed by atoms with van der Waals surface area (Å²) in [5.41, 5.74) is 2.34. The molecule has 11 nitrogen and oxygen atoms in total. The number of non-ortho nitro benzene ring substituents is 1. The van der Waals surface area contributed by atoms with Gasteiger partial charge >= 0.3 is 0 Å². The molecule has 0 aromatic heterocycles. The molecule has 3 rings (SSSR count). The number of phenolic OH excluding ortho intramolecular Hbond substituents is 1. The standard InChI is InChI=1S/C24H26N6O5/c1-5-29(6-2)18-11-12-19(22(31)13-18)26-28-21-15-23(34-3)20(14-24(21)35-4)27-25-16-7-9-17(10-8-16)30(32)33/h7-15,31H,5-6H2,1-4H3. The monoisotopic (exact) mass is 478 g/mol. The van der Waals surface area contributed by atoms with Gasteiger partial charge < -0.3 is 19.5 Å². The summed E-state index contributed by atoms with van der Waals surface area (Å²) in [6.07, 6.45) is 0. The Labute approximate surface area is 202 Å². The molecule has 0 radical (unpaired) electrons. The molecular formula is C24H26N6O5. The number of azo groups is 2. The Kier molecular flexibility index (Phi) is 8.28. The van der Waals surface area contributed by atoms with Crippen LogP contribution in [0.1, 0.15) is 13.8 Å². The second-order valence-corrected chi connectivity index (χ2v) is 7.21. The number of ether oxygens (including phenoxy) is 2. The summed E-state index contributed by atoms with van der Waals surface area (Å²) in [6, 6.07) is 14.1. The maximum atomic E-state index is 10.8. The zero-order valence-electron chi connectivity index (χ0n) is 19.9. The fourth-order valence-electron chi connectivity index (χ4n) is 3.26. The highest BCUT2D eigenvalue weighted by atomic mass is 16.6. The van der Waals surface area contributed by atoms with Gasteiger partial charge in [0, 0.05) is 49.1 Å². The summed E-state index contributed by atoms with van der Waals surface area (Å²) in [6.45, 7) is 5.73. The Bertz CT molecular complexity index is 1240. The van der Waals surface area contributed by atoms with Crippen LogP contribution in [0.2, 0.25) is 0 Å². The minimum Gasteiger partial charge on any atom is -0.506 e. The average molecular weight is 479 g/mol. The topological polar surface area (TPSA) is 135 Å². The molecule has 0 heterocycles. The molecule has 0 spiro atoms. The average Bonchev–Trinajstić information content (AvgIpc) is 2.87. The van der Waals surface area contributed by atoms with E-state index in [1.165, 1.54) is 38.5 Å². The molecule has 0 unspecified atom stereocenters. The van der Waals surface area contributed by atoms with Crippen molar-refractivity contribution >= 4 is 34.1 Å². The molecule has 0 saturated carbocycles. The van der Waals surface area contributed by atoms with Gasteiger partial charge in [-0.1, -0.05) is 0 Å². The van der Waals surface area contributed by atoms with Crippen LogP contribution in [0.5, 0.6) is 17.2 Å². The molecule has 182 valence electrons. The number of phenols is 1. The Morgan fingerprint density at radius 2 is 1.37 bits per heavy atom. The van der Waals surface area contributed by atoms with Gasteiger partial charge in [0.2, 0.25) is 0 Å². The van der Waals surface area contributed by atoms with Crippen molar-refractivity contribution in [2.45, 2.75) is 13.8 Å². The van der Waals surface area contributed by atoms with Crippen molar-refractivity contribution in [1.29, 1.82) is 0 Å². The highest BCUT2D eigenvalue weighted by molar-refractivity contribution is 5.67. The first-order valence-electron chi connectivity index (χ1n) is 10.8. The fourth-order valence-corrected chi connectivity index (χ4v) is 3.26. The highest BCUT2D eigenvalue weighted by Crippen LogP contribution is 2.41. The van der Waals surface area contributed by atoms with Gasteiger partial charge in [0.15, 0.2) is 0 Å². The lowest BCUT2D eigenvalue weighted by molar-refractivity contribution is -0.384. The van der Waals surface area contributed by atoms with Gasteiger partial charge in [-0.2, -0.15) is 5.11 Å². The Balaban J connectivity index is 1.87. The zero-order chi connectivity index (χ0) is 25.4. The number of benzene rings is 3. The van der Waals surface area contributed by atoms with Crippen LogP contribution in [0, 0.1) is 10.1 Å². The number of nitro groups is 1. The lowest BCUT2D eigenvalue weighted by Crippen LogP contribution is -2.21. The van der Waals surface area contributed by atoms with E-state index in [2.05, 4.69) is 25.4 Å². The van der Waals surface area contributed by atoms with Gasteiger partial charge in [0.25, 0.3) is 5.69 Å². The van der Waals surface area contributed by atoms with Crippen LogP contribution in [0.4, 0.5) is 34.1 Å². The molecule has 0 saturated heterocycles. The zero-order valence-corrected chi connectivity index (χ0v) is 19.9. The first-order chi connectivity index (χ1) is 16.9. The van der Waals surface area contributed by atoms with Crippen LogP contribution in [0.15, 0.2) is 75.1 Å². The fraction of sp³-hybridized carbons (Fsp3) is 0.250. The van der Waals surface area contributed by atoms with Crippen molar-refractivity contribution in [3.8, 4) is 17.2 Å². The number of hydrogen-bond acceptors (Lipinski definition) is 10. The molecule has 0 atom stereocenters. The van der Waals surface area contributed by atoms with Crippen LogP contribution in [0.3, 0.4) is 0 Å². The minimum atomic E-state index is -0.485. The van der Waals surface area contributed by atoms with Crippen molar-refractivity contribution in [2.75, 3.05) is 32.2 Å². The molecule has 3 aromatic rings. The molecule has 0 amide bonds. The van der Waals surface area contributed by atoms with E-state index >= 15 is 0 Å². The number of nitrogens with zero attached hydrogens (tertiary/aromatic N) is 6. The van der Waals surface area contributed by atoms with Crippen molar-refractivity contribution in [3.63, 3.8) is 0 Å². The van der Waals surface area contributed by atoms with E-state index in [0.717, 1.165) is 18.8 Å². The smallest absolute Gasteiger partial charge is 0.269 e. The first-order valence-corrected chi connectivity index (χ1v) is 10.8. The molecule has 0 aliphatic rings. The molecule has 0 fully saturated rings. The summed E-state index contributed by atoms with van der Waals surface area (Å²) in [5.74, 6) is 0.746. The first kappa shape index (κ1) is 25.1. The van der Waals surface area contributed by atoms with Gasteiger partial charge in [0.05, 0.1) is 24.8 Å². The predicted molar refractivity (Wildman–Crippen MR) is 133 cm³/mol. The predicted octanol–water partition coefficient (Wildman–Crippen LogP) is 6.99. The normalized spacial score (nSPS) is 11.2. The van der Waals surface area contributed by atoms with Gasteiger partial charge in [-0.05, 0) is 38.1 Å². The molecule has 0 aliphatic carbocycles. The van der Waals surface area contributed by atoms with E-state index in [9.17, 15) is 15.2 Å². The summed E-state index contributed by atoms with van der Waals surface area (Å²) in [4.78, 5) is 12.4. The van der Waals surface area contributed by atoms with E-state index in [0.29, 0.717) is 34.2 Å². The maximum absolute atomic E-state index is 10.8. The van der Waals surface area contributed by atoms with Crippen molar-refractivity contribution in [3.05, 3.63) is 64.7 Å². The van der Waals surface area contributed by atoms with Gasteiger partial charge in [-0.3, -0.25) is 10.1 Å². The van der Waals surface area contributed by atoms with E-state index < -0.39 is 4.92 Å². The highest BCUT2D eigenvalue weighted by Gasteiger charge is 2.13. The largest absolute Gasteiger partial charge is 0.506 e. The maximum Gasteiger partial charge on any atom is 0.269 e. The second kappa shape index (κ2) is 11.5. The van der Waals surface area contributed by atoms with Crippen molar-refractivity contribution < 1.29 is 19.5 Å². The Morgan fingerprint density at radius 1 is 0.829 bits per heavy atom. The third-order valence-electron chi connectivity index (χ3n) is 5.17. The van der Waals surface area contributed by atoms with Gasteiger partial charge in [-0.15, -0.1) is 15.3 Å².